The van der Waals surface area contributed by atoms with Crippen molar-refractivity contribution >= 4 is 22.2 Å². The van der Waals surface area contributed by atoms with Crippen LogP contribution in [-0.4, -0.2) is 18.6 Å². The Labute approximate surface area is 139 Å². The Morgan fingerprint density at radius 3 is 2.70 bits per heavy atom. The van der Waals surface area contributed by atoms with Gasteiger partial charge < -0.3 is 10.1 Å². The number of rotatable bonds is 3. The molecule has 1 aliphatic heterocycles. The summed E-state index contributed by atoms with van der Waals surface area (Å²) in [6.45, 7) is 4.63. The van der Waals surface area contributed by atoms with Gasteiger partial charge in [-0.15, -0.1) is 11.3 Å². The number of nitriles is 1. The fourth-order valence-electron chi connectivity index (χ4n) is 2.78. The first-order chi connectivity index (χ1) is 11.1. The maximum atomic E-state index is 12.2. The molecule has 5 heteroatoms. The first-order valence-electron chi connectivity index (χ1n) is 7.63. The minimum atomic E-state index is -0.397. The molecule has 0 radical (unpaired) electrons. The number of carbonyl (C=O) groups is 1. The molecule has 1 fully saturated rings. The van der Waals surface area contributed by atoms with Gasteiger partial charge in [-0.2, -0.15) is 5.26 Å². The van der Waals surface area contributed by atoms with Crippen molar-refractivity contribution in [3.8, 4) is 17.2 Å². The highest BCUT2D eigenvalue weighted by Crippen LogP contribution is 2.39. The molecule has 0 saturated carbocycles. The molecule has 1 aliphatic rings. The smallest absolute Gasteiger partial charge is 0.254 e. The first kappa shape index (κ1) is 15.7. The Hall–Kier alpha value is -2.16. The van der Waals surface area contributed by atoms with E-state index >= 15 is 0 Å². The van der Waals surface area contributed by atoms with Crippen LogP contribution in [0.5, 0.6) is 0 Å². The molecule has 1 aromatic carbocycles. The van der Waals surface area contributed by atoms with Crippen molar-refractivity contribution in [3.63, 3.8) is 0 Å². The molecule has 1 aromatic heterocycles. The molecule has 0 spiro atoms. The number of carbonyl (C=O) groups excluding carboxylic acids is 1. The fourth-order valence-corrected chi connectivity index (χ4v) is 3.81. The summed E-state index contributed by atoms with van der Waals surface area (Å²) in [7, 11) is 0. The molecule has 0 aliphatic carbocycles. The van der Waals surface area contributed by atoms with Crippen molar-refractivity contribution < 1.29 is 9.53 Å². The average molecular weight is 326 g/mol. The lowest BCUT2D eigenvalue weighted by molar-refractivity contribution is -0.124. The molecule has 0 unspecified atom stereocenters. The minimum Gasteiger partial charge on any atom is -0.368 e. The van der Waals surface area contributed by atoms with Crippen LogP contribution in [-0.2, 0) is 9.53 Å². The molecular weight excluding hydrogens is 308 g/mol. The number of nitrogens with zero attached hydrogens (tertiary/aromatic N) is 1. The molecule has 1 N–H and O–H groups in total. The number of benzene rings is 1. The van der Waals surface area contributed by atoms with E-state index in [0.717, 1.165) is 28.8 Å². The number of amides is 1. The lowest BCUT2D eigenvalue weighted by Gasteiger charge is -2.09. The van der Waals surface area contributed by atoms with Crippen molar-refractivity contribution in [2.75, 3.05) is 11.9 Å². The zero-order valence-electron chi connectivity index (χ0n) is 13.2. The zero-order chi connectivity index (χ0) is 16.4. The summed E-state index contributed by atoms with van der Waals surface area (Å²) in [5.41, 5.74) is 3.61. The van der Waals surface area contributed by atoms with E-state index in [1.165, 1.54) is 16.9 Å². The van der Waals surface area contributed by atoms with Crippen molar-refractivity contribution in [1.82, 2.24) is 0 Å². The summed E-state index contributed by atoms with van der Waals surface area (Å²) in [6, 6.07) is 10.3. The lowest BCUT2D eigenvalue weighted by atomic mass is 10.0. The van der Waals surface area contributed by atoms with Crippen LogP contribution in [0.3, 0.4) is 0 Å². The molecule has 2 heterocycles. The van der Waals surface area contributed by atoms with Gasteiger partial charge in [0.05, 0.1) is 5.56 Å². The van der Waals surface area contributed by atoms with Crippen LogP contribution in [0.1, 0.15) is 28.8 Å². The number of thiophene rings is 1. The van der Waals surface area contributed by atoms with Gasteiger partial charge in [-0.3, -0.25) is 4.79 Å². The topological polar surface area (TPSA) is 62.1 Å². The van der Waals surface area contributed by atoms with Gasteiger partial charge in [-0.25, -0.2) is 0 Å². The van der Waals surface area contributed by atoms with Crippen molar-refractivity contribution in [2.45, 2.75) is 32.8 Å². The first-order valence-corrected chi connectivity index (χ1v) is 8.45. The summed E-state index contributed by atoms with van der Waals surface area (Å²) < 4.78 is 5.40. The summed E-state index contributed by atoms with van der Waals surface area (Å²) >= 11 is 1.44. The number of hydrogen-bond donors (Lipinski definition) is 1. The largest absolute Gasteiger partial charge is 0.368 e. The predicted molar refractivity (Wildman–Crippen MR) is 91.5 cm³/mol. The highest BCUT2D eigenvalue weighted by molar-refractivity contribution is 7.17. The molecule has 0 bridgehead atoms. The van der Waals surface area contributed by atoms with E-state index in [1.54, 1.807) is 0 Å². The Balaban J connectivity index is 1.93. The van der Waals surface area contributed by atoms with Gasteiger partial charge in [0.1, 0.15) is 17.2 Å². The summed E-state index contributed by atoms with van der Waals surface area (Å²) in [6.07, 6.45) is 1.25. The molecular formula is C18H18N2O2S. The molecule has 1 saturated heterocycles. The van der Waals surface area contributed by atoms with E-state index in [4.69, 9.17) is 4.74 Å². The maximum Gasteiger partial charge on any atom is 0.254 e. The number of hydrogen-bond acceptors (Lipinski definition) is 4. The Kier molecular flexibility index (Phi) is 4.46. The van der Waals surface area contributed by atoms with Gasteiger partial charge in [-0.1, -0.05) is 29.8 Å². The lowest BCUT2D eigenvalue weighted by Crippen LogP contribution is -2.26. The minimum absolute atomic E-state index is 0.157. The van der Waals surface area contributed by atoms with Gasteiger partial charge in [0.2, 0.25) is 0 Å². The predicted octanol–water partition coefficient (Wildman–Crippen LogP) is 4.02. The highest BCUT2D eigenvalue weighted by atomic mass is 32.1. The normalized spacial score (nSPS) is 17.0. The molecule has 1 amide bonds. The van der Waals surface area contributed by atoms with E-state index < -0.39 is 6.10 Å². The molecule has 4 nitrogen and oxygen atoms in total. The summed E-state index contributed by atoms with van der Waals surface area (Å²) in [4.78, 5) is 13.3. The molecule has 2 aromatic rings. The van der Waals surface area contributed by atoms with E-state index in [9.17, 15) is 10.1 Å². The number of aryl methyl sites for hydroxylation is 2. The monoisotopic (exact) mass is 326 g/mol. The SMILES string of the molecule is Cc1ccc(-c2c(C)sc(NC(=O)[C@@H]3CCCO3)c2C#N)cc1. The fraction of sp³-hybridized carbons (Fsp3) is 0.333. The third kappa shape index (κ3) is 3.14. The van der Waals surface area contributed by atoms with E-state index in [2.05, 4.69) is 11.4 Å². The second-order valence-electron chi connectivity index (χ2n) is 5.71. The van der Waals surface area contributed by atoms with E-state index in [-0.39, 0.29) is 5.91 Å². The Morgan fingerprint density at radius 2 is 2.09 bits per heavy atom. The molecule has 3 rings (SSSR count). The van der Waals surface area contributed by atoms with Gasteiger partial charge >= 0.3 is 0 Å². The van der Waals surface area contributed by atoms with Crippen molar-refractivity contribution in [3.05, 3.63) is 40.3 Å². The Bertz CT molecular complexity index is 766. The van der Waals surface area contributed by atoms with Crippen molar-refractivity contribution in [1.29, 1.82) is 5.26 Å². The number of anilines is 1. The van der Waals surface area contributed by atoms with Crippen LogP contribution in [0.15, 0.2) is 24.3 Å². The highest BCUT2D eigenvalue weighted by Gasteiger charge is 2.26. The Morgan fingerprint density at radius 1 is 1.35 bits per heavy atom. The van der Waals surface area contributed by atoms with Crippen LogP contribution < -0.4 is 5.32 Å². The summed E-state index contributed by atoms with van der Waals surface area (Å²) in [5.74, 6) is -0.157. The number of ether oxygens (including phenoxy) is 1. The second kappa shape index (κ2) is 6.53. The third-order valence-corrected chi connectivity index (χ3v) is 5.02. The molecule has 118 valence electrons. The quantitative estimate of drug-likeness (QED) is 0.926. The van der Waals surface area contributed by atoms with E-state index in [0.29, 0.717) is 17.2 Å². The average Bonchev–Trinajstić information content (AvgIpc) is 3.16. The maximum absolute atomic E-state index is 12.2. The van der Waals surface area contributed by atoms with Crippen LogP contribution in [0, 0.1) is 25.2 Å². The summed E-state index contributed by atoms with van der Waals surface area (Å²) in [5, 5.41) is 13.1. The van der Waals surface area contributed by atoms with Gasteiger partial charge in [0.25, 0.3) is 5.91 Å². The van der Waals surface area contributed by atoms with Crippen LogP contribution in [0.2, 0.25) is 0 Å². The van der Waals surface area contributed by atoms with E-state index in [1.807, 2.05) is 38.1 Å². The van der Waals surface area contributed by atoms with Crippen LogP contribution >= 0.6 is 11.3 Å². The van der Waals surface area contributed by atoms with Crippen LogP contribution in [0.25, 0.3) is 11.1 Å². The third-order valence-electron chi connectivity index (χ3n) is 4.00. The standard InChI is InChI=1S/C18H18N2O2S/c1-11-5-7-13(8-6-11)16-12(2)23-18(14(16)10-19)20-17(21)15-4-3-9-22-15/h5-8,15H,3-4,9H2,1-2H3,(H,20,21)/t15-/m0/s1. The second-order valence-corrected chi connectivity index (χ2v) is 6.93. The van der Waals surface area contributed by atoms with Crippen molar-refractivity contribution in [2.24, 2.45) is 0 Å². The zero-order valence-corrected chi connectivity index (χ0v) is 14.0. The molecule has 1 atom stereocenters. The van der Waals surface area contributed by atoms with Crippen LogP contribution in [0.4, 0.5) is 5.00 Å². The van der Waals surface area contributed by atoms with Gasteiger partial charge in [-0.05, 0) is 32.3 Å². The van der Waals surface area contributed by atoms with Gasteiger partial charge in [0.15, 0.2) is 0 Å². The number of nitrogens with one attached hydrogen (secondary N) is 1. The van der Waals surface area contributed by atoms with Gasteiger partial charge in [0, 0.05) is 17.0 Å². The molecule has 23 heavy (non-hydrogen) atoms.